The smallest absolute Gasteiger partial charge is 0.0603 e. The maximum absolute atomic E-state index is 6.00. The Morgan fingerprint density at radius 3 is 3.07 bits per heavy atom. The third kappa shape index (κ3) is 2.58. The van der Waals surface area contributed by atoms with Crippen molar-refractivity contribution in [1.29, 1.82) is 0 Å². The van der Waals surface area contributed by atoms with Crippen LogP contribution in [0.25, 0.3) is 0 Å². The molecule has 74 valence electrons. The average molecular weight is 188 g/mol. The summed E-state index contributed by atoms with van der Waals surface area (Å²) in [6.07, 6.45) is 9.46. The number of pyridine rings is 1. The molecule has 1 unspecified atom stereocenters. The molecule has 0 saturated carbocycles. The zero-order chi connectivity index (χ0) is 10.4. The molecule has 1 heterocycles. The first-order valence-electron chi connectivity index (χ1n) is 4.92. The molecule has 0 aliphatic rings. The van der Waals surface area contributed by atoms with E-state index in [0.717, 1.165) is 18.5 Å². The second kappa shape index (κ2) is 5.41. The van der Waals surface area contributed by atoms with Crippen LogP contribution < -0.4 is 5.73 Å². The molecular weight excluding hydrogens is 172 g/mol. The van der Waals surface area contributed by atoms with Crippen molar-refractivity contribution in [2.45, 2.75) is 32.2 Å². The zero-order valence-electron chi connectivity index (χ0n) is 8.53. The first-order chi connectivity index (χ1) is 6.79. The molecule has 2 heteroatoms. The monoisotopic (exact) mass is 188 g/mol. The van der Waals surface area contributed by atoms with Gasteiger partial charge in [0.25, 0.3) is 0 Å². The van der Waals surface area contributed by atoms with E-state index in [-0.39, 0.29) is 6.04 Å². The van der Waals surface area contributed by atoms with Crippen LogP contribution in [0.3, 0.4) is 0 Å². The van der Waals surface area contributed by atoms with Crippen molar-refractivity contribution in [3.63, 3.8) is 0 Å². The van der Waals surface area contributed by atoms with Crippen LogP contribution in [0.5, 0.6) is 0 Å². The topological polar surface area (TPSA) is 38.9 Å². The average Bonchev–Trinajstić information content (AvgIpc) is 2.25. The number of aromatic nitrogens is 1. The Morgan fingerprint density at radius 1 is 1.64 bits per heavy atom. The number of nitrogens with two attached hydrogens (primary N) is 1. The fourth-order valence-corrected chi connectivity index (χ4v) is 1.46. The standard InChI is InChI=1S/C12H16N2/c1-3-5-8-11(13)12-10(4-2)7-6-9-14-12/h1,6-7,9,11H,4-5,8,13H2,2H3. The number of hydrogen-bond acceptors (Lipinski definition) is 2. The maximum atomic E-state index is 6.00. The molecule has 0 spiro atoms. The van der Waals surface area contributed by atoms with E-state index in [1.54, 1.807) is 6.20 Å². The summed E-state index contributed by atoms with van der Waals surface area (Å²) in [5, 5.41) is 0. The summed E-state index contributed by atoms with van der Waals surface area (Å²) in [6, 6.07) is 3.98. The van der Waals surface area contributed by atoms with Crippen molar-refractivity contribution in [1.82, 2.24) is 4.98 Å². The first-order valence-corrected chi connectivity index (χ1v) is 4.92. The summed E-state index contributed by atoms with van der Waals surface area (Å²) in [6.45, 7) is 2.11. The molecule has 2 nitrogen and oxygen atoms in total. The van der Waals surface area contributed by atoms with E-state index >= 15 is 0 Å². The molecule has 0 aliphatic heterocycles. The molecule has 0 aliphatic carbocycles. The van der Waals surface area contributed by atoms with Crippen molar-refractivity contribution < 1.29 is 0 Å². The molecular formula is C12H16N2. The molecule has 2 N–H and O–H groups in total. The Labute approximate surface area is 85.5 Å². The molecule has 1 aromatic rings. The summed E-state index contributed by atoms with van der Waals surface area (Å²) in [5.41, 5.74) is 8.21. The lowest BCUT2D eigenvalue weighted by Gasteiger charge is -2.12. The Hall–Kier alpha value is -1.33. The summed E-state index contributed by atoms with van der Waals surface area (Å²) < 4.78 is 0. The van der Waals surface area contributed by atoms with Gasteiger partial charge >= 0.3 is 0 Å². The predicted octanol–water partition coefficient (Wildman–Crippen LogP) is 2.06. The molecule has 1 atom stereocenters. The van der Waals surface area contributed by atoms with Crippen molar-refractivity contribution in [3.8, 4) is 12.3 Å². The van der Waals surface area contributed by atoms with Crippen LogP contribution in [-0.4, -0.2) is 4.98 Å². The van der Waals surface area contributed by atoms with E-state index < -0.39 is 0 Å². The molecule has 0 aromatic carbocycles. The second-order valence-electron chi connectivity index (χ2n) is 3.25. The lowest BCUT2D eigenvalue weighted by atomic mass is 10.0. The van der Waals surface area contributed by atoms with Gasteiger partial charge in [-0.2, -0.15) is 0 Å². The predicted molar refractivity (Wildman–Crippen MR) is 58.6 cm³/mol. The van der Waals surface area contributed by atoms with E-state index in [2.05, 4.69) is 23.9 Å². The van der Waals surface area contributed by atoms with E-state index in [9.17, 15) is 0 Å². The highest BCUT2D eigenvalue weighted by Gasteiger charge is 2.09. The Kier molecular flexibility index (Phi) is 4.15. The first kappa shape index (κ1) is 10.7. The van der Waals surface area contributed by atoms with E-state index in [4.69, 9.17) is 12.2 Å². The third-order valence-electron chi connectivity index (χ3n) is 2.26. The lowest BCUT2D eigenvalue weighted by Crippen LogP contribution is -2.14. The summed E-state index contributed by atoms with van der Waals surface area (Å²) in [7, 11) is 0. The fourth-order valence-electron chi connectivity index (χ4n) is 1.46. The van der Waals surface area contributed by atoms with Crippen molar-refractivity contribution in [3.05, 3.63) is 29.6 Å². The van der Waals surface area contributed by atoms with Gasteiger partial charge in [0.1, 0.15) is 0 Å². The van der Waals surface area contributed by atoms with Crippen LogP contribution in [0.4, 0.5) is 0 Å². The third-order valence-corrected chi connectivity index (χ3v) is 2.26. The van der Waals surface area contributed by atoms with Crippen LogP contribution in [0.15, 0.2) is 18.3 Å². The van der Waals surface area contributed by atoms with E-state index in [1.807, 2.05) is 6.07 Å². The van der Waals surface area contributed by atoms with Crippen LogP contribution in [0.2, 0.25) is 0 Å². The van der Waals surface area contributed by atoms with Gasteiger partial charge in [-0.15, -0.1) is 12.3 Å². The largest absolute Gasteiger partial charge is 0.323 e. The highest BCUT2D eigenvalue weighted by atomic mass is 14.8. The molecule has 0 saturated heterocycles. The van der Waals surface area contributed by atoms with Crippen molar-refractivity contribution in [2.24, 2.45) is 5.73 Å². The van der Waals surface area contributed by atoms with Gasteiger partial charge in [0, 0.05) is 18.7 Å². The van der Waals surface area contributed by atoms with Crippen LogP contribution >= 0.6 is 0 Å². The van der Waals surface area contributed by atoms with Gasteiger partial charge in [-0.05, 0) is 24.5 Å². The van der Waals surface area contributed by atoms with Crippen LogP contribution in [0.1, 0.15) is 37.1 Å². The fraction of sp³-hybridized carbons (Fsp3) is 0.417. The minimum Gasteiger partial charge on any atom is -0.323 e. The van der Waals surface area contributed by atoms with E-state index in [0.29, 0.717) is 6.42 Å². The number of rotatable bonds is 4. The Bertz CT molecular complexity index is 325. The minimum atomic E-state index is -0.0257. The Balaban J connectivity index is 2.78. The molecule has 0 amide bonds. The zero-order valence-corrected chi connectivity index (χ0v) is 8.53. The number of hydrogen-bond donors (Lipinski definition) is 1. The highest BCUT2D eigenvalue weighted by molar-refractivity contribution is 5.22. The summed E-state index contributed by atoms with van der Waals surface area (Å²) >= 11 is 0. The van der Waals surface area contributed by atoms with E-state index in [1.165, 1.54) is 5.56 Å². The minimum absolute atomic E-state index is 0.0257. The van der Waals surface area contributed by atoms with Gasteiger partial charge in [0.2, 0.25) is 0 Å². The highest BCUT2D eigenvalue weighted by Crippen LogP contribution is 2.17. The summed E-state index contributed by atoms with van der Waals surface area (Å²) in [5.74, 6) is 2.60. The SMILES string of the molecule is C#CCCC(N)c1ncccc1CC. The van der Waals surface area contributed by atoms with Gasteiger partial charge in [0.15, 0.2) is 0 Å². The summed E-state index contributed by atoms with van der Waals surface area (Å²) in [4.78, 5) is 4.31. The number of nitrogens with zero attached hydrogens (tertiary/aromatic N) is 1. The Morgan fingerprint density at radius 2 is 2.43 bits per heavy atom. The normalized spacial score (nSPS) is 12.1. The maximum Gasteiger partial charge on any atom is 0.0603 e. The second-order valence-corrected chi connectivity index (χ2v) is 3.25. The van der Waals surface area contributed by atoms with Gasteiger partial charge in [-0.25, -0.2) is 0 Å². The van der Waals surface area contributed by atoms with Gasteiger partial charge < -0.3 is 5.73 Å². The van der Waals surface area contributed by atoms with Gasteiger partial charge in [0.05, 0.1) is 5.69 Å². The quantitative estimate of drug-likeness (QED) is 0.734. The van der Waals surface area contributed by atoms with Crippen molar-refractivity contribution >= 4 is 0 Å². The van der Waals surface area contributed by atoms with Crippen LogP contribution in [0, 0.1) is 12.3 Å². The number of terminal acetylenes is 1. The van der Waals surface area contributed by atoms with Gasteiger partial charge in [-0.3, -0.25) is 4.98 Å². The lowest BCUT2D eigenvalue weighted by molar-refractivity contribution is 0.640. The molecule has 0 bridgehead atoms. The molecule has 14 heavy (non-hydrogen) atoms. The molecule has 1 aromatic heterocycles. The molecule has 0 fully saturated rings. The number of aryl methyl sites for hydroxylation is 1. The van der Waals surface area contributed by atoms with Gasteiger partial charge in [-0.1, -0.05) is 13.0 Å². The van der Waals surface area contributed by atoms with Crippen LogP contribution in [-0.2, 0) is 6.42 Å². The molecule has 0 radical (unpaired) electrons. The van der Waals surface area contributed by atoms with Crippen molar-refractivity contribution in [2.75, 3.05) is 0 Å². The molecule has 1 rings (SSSR count).